The Labute approximate surface area is 208 Å². The molecule has 0 unspecified atom stereocenters. The third-order valence-electron chi connectivity index (χ3n) is 6.03. The number of aromatic nitrogens is 3. The molecule has 2 aliphatic heterocycles. The number of rotatable bonds is 7. The summed E-state index contributed by atoms with van der Waals surface area (Å²) < 4.78 is 35.5. The Hall–Kier alpha value is -4.32. The topological polar surface area (TPSA) is 39.9 Å². The van der Waals surface area contributed by atoms with Gasteiger partial charge in [0.05, 0.1) is 11.3 Å². The fourth-order valence-electron chi connectivity index (χ4n) is 4.14. The minimum atomic E-state index is -0.938. The number of benzene rings is 3. The van der Waals surface area contributed by atoms with Crippen LogP contribution in [0.25, 0.3) is 33.9 Å². The lowest BCUT2D eigenvalue weighted by molar-refractivity contribution is 0.362. The maximum atomic E-state index is 14.2. The first-order valence-electron chi connectivity index (χ1n) is 11.7. The average Bonchev–Trinajstić information content (AvgIpc) is 3.30. The standard InChI is InChI=1S/C30H25F2N3O/c1-3-4-16-36-23-12-13-24(20(2)17-23)22-10-8-21(9-11-22)18-35-15-14-27-28(19-35)34-30(33-27)25-6-5-7-26(31)29(25)32/h3-15,17,19H,16,18H2,1-2H3/b4-3+. The minimum Gasteiger partial charge on any atom is -0.490 e. The molecule has 5 rings (SSSR count). The van der Waals surface area contributed by atoms with E-state index in [4.69, 9.17) is 4.74 Å². The van der Waals surface area contributed by atoms with Gasteiger partial charge in [-0.05, 0) is 66.4 Å². The van der Waals surface area contributed by atoms with E-state index in [1.165, 1.54) is 12.1 Å². The fraction of sp³-hybridized carbons (Fsp3) is 0.133. The molecule has 0 amide bonds. The van der Waals surface area contributed by atoms with Gasteiger partial charge in [0.1, 0.15) is 18.1 Å². The van der Waals surface area contributed by atoms with Crippen molar-refractivity contribution in [3.8, 4) is 39.7 Å². The monoisotopic (exact) mass is 481 g/mol. The number of nitrogens with zero attached hydrogens (tertiary/aromatic N) is 3. The molecule has 0 N–H and O–H groups in total. The van der Waals surface area contributed by atoms with E-state index in [0.29, 0.717) is 24.5 Å². The number of hydrogen-bond donors (Lipinski definition) is 0. The van der Waals surface area contributed by atoms with Crippen molar-refractivity contribution >= 4 is 0 Å². The molecule has 0 aromatic heterocycles. The molecule has 2 heterocycles. The van der Waals surface area contributed by atoms with Crippen molar-refractivity contribution < 1.29 is 13.5 Å². The molecular formula is C30H25F2N3O. The summed E-state index contributed by atoms with van der Waals surface area (Å²) in [5, 5.41) is 0. The zero-order chi connectivity index (χ0) is 25.1. The summed E-state index contributed by atoms with van der Waals surface area (Å²) in [6, 6.07) is 20.4. The first-order valence-corrected chi connectivity index (χ1v) is 11.7. The van der Waals surface area contributed by atoms with E-state index in [0.717, 1.165) is 34.1 Å². The molecule has 180 valence electrons. The van der Waals surface area contributed by atoms with E-state index in [-0.39, 0.29) is 11.4 Å². The summed E-state index contributed by atoms with van der Waals surface area (Å²) in [7, 11) is 0. The Morgan fingerprint density at radius 1 is 0.917 bits per heavy atom. The van der Waals surface area contributed by atoms with Crippen molar-refractivity contribution in [1.82, 2.24) is 14.5 Å². The first kappa shape index (κ1) is 23.4. The number of aryl methyl sites for hydroxylation is 1. The summed E-state index contributed by atoms with van der Waals surface area (Å²) in [5.41, 5.74) is 5.90. The number of halogens is 2. The van der Waals surface area contributed by atoms with Gasteiger partial charge in [-0.25, -0.2) is 18.7 Å². The summed E-state index contributed by atoms with van der Waals surface area (Å²) >= 11 is 0. The number of ether oxygens (including phenoxy) is 1. The average molecular weight is 482 g/mol. The summed E-state index contributed by atoms with van der Waals surface area (Å²) in [6.45, 7) is 5.26. The number of fused-ring (bicyclic) bond motifs is 1. The molecule has 0 saturated heterocycles. The van der Waals surface area contributed by atoms with Gasteiger partial charge >= 0.3 is 0 Å². The normalized spacial score (nSPS) is 11.4. The Kier molecular flexibility index (Phi) is 6.58. The van der Waals surface area contributed by atoms with Gasteiger partial charge < -0.3 is 9.30 Å². The molecule has 0 fully saturated rings. The van der Waals surface area contributed by atoms with Crippen LogP contribution < -0.4 is 4.74 Å². The minimum absolute atomic E-state index is 0.0565. The van der Waals surface area contributed by atoms with Gasteiger partial charge in [0, 0.05) is 18.9 Å². The molecule has 0 saturated carbocycles. The second-order valence-corrected chi connectivity index (χ2v) is 8.59. The van der Waals surface area contributed by atoms with Gasteiger partial charge in [-0.1, -0.05) is 48.6 Å². The quantitative estimate of drug-likeness (QED) is 0.229. The van der Waals surface area contributed by atoms with Crippen LogP contribution in [-0.2, 0) is 6.54 Å². The fourth-order valence-corrected chi connectivity index (χ4v) is 4.14. The zero-order valence-electron chi connectivity index (χ0n) is 20.1. The van der Waals surface area contributed by atoms with Gasteiger partial charge in [-0.15, -0.1) is 0 Å². The largest absolute Gasteiger partial charge is 0.490 e. The van der Waals surface area contributed by atoms with E-state index < -0.39 is 11.6 Å². The Balaban J connectivity index is 1.32. The maximum Gasteiger partial charge on any atom is 0.169 e. The molecule has 6 heteroatoms. The molecule has 0 spiro atoms. The van der Waals surface area contributed by atoms with Crippen molar-refractivity contribution in [2.75, 3.05) is 6.61 Å². The molecular weight excluding hydrogens is 456 g/mol. The summed E-state index contributed by atoms with van der Waals surface area (Å²) in [6.07, 6.45) is 7.73. The lowest BCUT2D eigenvalue weighted by Gasteiger charge is -2.11. The van der Waals surface area contributed by atoms with Crippen molar-refractivity contribution in [3.05, 3.63) is 114 Å². The van der Waals surface area contributed by atoms with Crippen LogP contribution in [-0.4, -0.2) is 21.1 Å². The van der Waals surface area contributed by atoms with Crippen LogP contribution in [0.5, 0.6) is 5.75 Å². The second-order valence-electron chi connectivity index (χ2n) is 8.59. The van der Waals surface area contributed by atoms with Crippen molar-refractivity contribution in [2.24, 2.45) is 0 Å². The Morgan fingerprint density at radius 2 is 1.72 bits per heavy atom. The SMILES string of the molecule is C/C=C/COc1ccc(-c2ccc(Cn3ccc4nc(-c5cccc(F)c5F)nc-4c3)cc2)c(C)c1. The molecule has 3 aromatic carbocycles. The zero-order valence-corrected chi connectivity index (χ0v) is 20.1. The number of pyridine rings is 1. The summed E-state index contributed by atoms with van der Waals surface area (Å²) in [4.78, 5) is 8.80. The highest BCUT2D eigenvalue weighted by Crippen LogP contribution is 2.29. The molecule has 2 aliphatic rings. The van der Waals surface area contributed by atoms with Gasteiger partial charge in [-0.2, -0.15) is 0 Å². The number of allylic oxidation sites excluding steroid dienone is 1. The van der Waals surface area contributed by atoms with Crippen LogP contribution in [0.4, 0.5) is 8.78 Å². The molecule has 0 atom stereocenters. The molecule has 36 heavy (non-hydrogen) atoms. The molecule has 0 bridgehead atoms. The van der Waals surface area contributed by atoms with E-state index in [9.17, 15) is 8.78 Å². The van der Waals surface area contributed by atoms with Crippen molar-refractivity contribution in [2.45, 2.75) is 20.4 Å². The van der Waals surface area contributed by atoms with Crippen LogP contribution in [0, 0.1) is 18.6 Å². The lowest BCUT2D eigenvalue weighted by atomic mass is 9.99. The van der Waals surface area contributed by atoms with E-state index in [1.807, 2.05) is 48.2 Å². The van der Waals surface area contributed by atoms with Gasteiger partial charge in [0.25, 0.3) is 0 Å². The van der Waals surface area contributed by atoms with Gasteiger partial charge in [0.2, 0.25) is 0 Å². The lowest BCUT2D eigenvalue weighted by Crippen LogP contribution is -2.01. The Bertz CT molecular complexity index is 1510. The number of hydrogen-bond acceptors (Lipinski definition) is 3. The highest BCUT2D eigenvalue weighted by molar-refractivity contribution is 5.69. The van der Waals surface area contributed by atoms with Crippen molar-refractivity contribution in [3.63, 3.8) is 0 Å². The van der Waals surface area contributed by atoms with E-state index in [2.05, 4.69) is 53.3 Å². The van der Waals surface area contributed by atoms with Crippen LogP contribution in [0.3, 0.4) is 0 Å². The molecule has 4 nitrogen and oxygen atoms in total. The molecule has 0 radical (unpaired) electrons. The van der Waals surface area contributed by atoms with Crippen LogP contribution >= 0.6 is 0 Å². The van der Waals surface area contributed by atoms with Crippen LogP contribution in [0.2, 0.25) is 0 Å². The van der Waals surface area contributed by atoms with Gasteiger partial charge in [-0.3, -0.25) is 0 Å². The van der Waals surface area contributed by atoms with Crippen molar-refractivity contribution in [1.29, 1.82) is 0 Å². The van der Waals surface area contributed by atoms with E-state index >= 15 is 0 Å². The van der Waals surface area contributed by atoms with Crippen LogP contribution in [0.1, 0.15) is 18.1 Å². The second kappa shape index (κ2) is 10.1. The third kappa shape index (κ3) is 4.89. The third-order valence-corrected chi connectivity index (χ3v) is 6.03. The first-order chi connectivity index (χ1) is 17.5. The maximum absolute atomic E-state index is 14.2. The predicted molar refractivity (Wildman–Crippen MR) is 138 cm³/mol. The Morgan fingerprint density at radius 3 is 2.50 bits per heavy atom. The highest BCUT2D eigenvalue weighted by Gasteiger charge is 2.17. The molecule has 3 aromatic rings. The predicted octanol–water partition coefficient (Wildman–Crippen LogP) is 7.31. The molecule has 0 aliphatic carbocycles. The smallest absolute Gasteiger partial charge is 0.169 e. The number of imidazole rings is 1. The highest BCUT2D eigenvalue weighted by atomic mass is 19.2. The van der Waals surface area contributed by atoms with E-state index in [1.54, 1.807) is 0 Å². The van der Waals surface area contributed by atoms with Gasteiger partial charge in [0.15, 0.2) is 17.5 Å². The van der Waals surface area contributed by atoms with Crippen LogP contribution in [0.15, 0.2) is 91.3 Å². The summed E-state index contributed by atoms with van der Waals surface area (Å²) in [5.74, 6) is -0.815.